The van der Waals surface area contributed by atoms with Gasteiger partial charge in [-0.2, -0.15) is 0 Å². The number of aromatic nitrogens is 2. The van der Waals surface area contributed by atoms with Crippen LogP contribution in [0.25, 0.3) is 0 Å². The number of H-pyrrole nitrogens is 1. The van der Waals surface area contributed by atoms with Gasteiger partial charge in [0.25, 0.3) is 5.56 Å². The molecule has 1 aromatic heterocycles. The van der Waals surface area contributed by atoms with Gasteiger partial charge in [0.05, 0.1) is 6.33 Å². The van der Waals surface area contributed by atoms with E-state index >= 15 is 0 Å². The Labute approximate surface area is 111 Å². The third-order valence-corrected chi connectivity index (χ3v) is 4.63. The number of nitrogens with zero attached hydrogens (tertiary/aromatic N) is 2. The maximum absolute atomic E-state index is 11.6. The van der Waals surface area contributed by atoms with Crippen LogP contribution < -0.4 is 10.5 Å². The third kappa shape index (κ3) is 2.03. The predicted molar refractivity (Wildman–Crippen MR) is 72.2 cm³/mol. The minimum absolute atomic E-state index is 0.236. The molecule has 0 aromatic carbocycles. The van der Waals surface area contributed by atoms with Crippen molar-refractivity contribution in [2.24, 2.45) is 5.92 Å². The van der Waals surface area contributed by atoms with Gasteiger partial charge in [0.15, 0.2) is 5.82 Å². The molecule has 0 unspecified atom stereocenters. The summed E-state index contributed by atoms with van der Waals surface area (Å²) >= 11 is 6.11. The maximum Gasteiger partial charge on any atom is 0.271 e. The molecule has 0 amide bonds. The molecule has 1 aliphatic heterocycles. The highest BCUT2D eigenvalue weighted by Gasteiger charge is 2.34. The van der Waals surface area contributed by atoms with Gasteiger partial charge in [-0.3, -0.25) is 4.79 Å². The fourth-order valence-electron chi connectivity index (χ4n) is 3.46. The molecular weight excluding hydrogens is 250 g/mol. The number of anilines is 1. The summed E-state index contributed by atoms with van der Waals surface area (Å²) in [7, 11) is 0. The van der Waals surface area contributed by atoms with Gasteiger partial charge in [0.2, 0.25) is 0 Å². The average molecular weight is 268 g/mol. The monoisotopic (exact) mass is 267 g/mol. The number of halogens is 1. The maximum atomic E-state index is 11.6. The number of fused-ring (bicyclic) bond motifs is 1. The zero-order valence-electron chi connectivity index (χ0n) is 10.4. The van der Waals surface area contributed by atoms with Gasteiger partial charge < -0.3 is 9.88 Å². The number of hydrogen-bond acceptors (Lipinski definition) is 3. The van der Waals surface area contributed by atoms with Crippen LogP contribution in [0.15, 0.2) is 11.1 Å². The highest BCUT2D eigenvalue weighted by atomic mass is 35.5. The van der Waals surface area contributed by atoms with Crippen LogP contribution >= 0.6 is 11.6 Å². The molecule has 3 rings (SSSR count). The smallest absolute Gasteiger partial charge is 0.271 e. The molecule has 1 aliphatic carbocycles. The van der Waals surface area contributed by atoms with E-state index in [1.165, 1.54) is 44.9 Å². The lowest BCUT2D eigenvalue weighted by Crippen LogP contribution is -2.47. The molecule has 2 fully saturated rings. The Bertz CT molecular complexity index is 485. The molecule has 1 saturated heterocycles. The summed E-state index contributed by atoms with van der Waals surface area (Å²) in [6, 6.07) is 0.527. The van der Waals surface area contributed by atoms with Crippen molar-refractivity contribution in [1.29, 1.82) is 0 Å². The van der Waals surface area contributed by atoms with E-state index in [0.717, 1.165) is 12.5 Å². The fourth-order valence-corrected chi connectivity index (χ4v) is 3.67. The van der Waals surface area contributed by atoms with Crippen LogP contribution in [0.2, 0.25) is 5.02 Å². The van der Waals surface area contributed by atoms with Crippen LogP contribution in [0, 0.1) is 5.92 Å². The first-order valence-electron chi connectivity index (χ1n) is 6.77. The minimum atomic E-state index is -0.236. The van der Waals surface area contributed by atoms with E-state index in [1.54, 1.807) is 0 Å². The number of piperidine rings is 1. The Morgan fingerprint density at radius 1 is 1.28 bits per heavy atom. The van der Waals surface area contributed by atoms with E-state index in [9.17, 15) is 4.79 Å². The summed E-state index contributed by atoms with van der Waals surface area (Å²) in [6.07, 6.45) is 9.06. The van der Waals surface area contributed by atoms with Gasteiger partial charge in [0.1, 0.15) is 5.02 Å². The lowest BCUT2D eigenvalue weighted by Gasteiger charge is -2.44. The van der Waals surface area contributed by atoms with E-state index < -0.39 is 0 Å². The number of rotatable bonds is 1. The second kappa shape index (κ2) is 4.92. The van der Waals surface area contributed by atoms with Crippen molar-refractivity contribution < 1.29 is 0 Å². The zero-order valence-corrected chi connectivity index (χ0v) is 11.1. The molecule has 0 spiro atoms. The van der Waals surface area contributed by atoms with Crippen molar-refractivity contribution in [3.05, 3.63) is 21.7 Å². The Morgan fingerprint density at radius 2 is 2.06 bits per heavy atom. The van der Waals surface area contributed by atoms with Crippen molar-refractivity contribution in [2.75, 3.05) is 11.4 Å². The van der Waals surface area contributed by atoms with Crippen LogP contribution in [-0.2, 0) is 0 Å². The fraction of sp³-hybridized carbons (Fsp3) is 0.692. The van der Waals surface area contributed by atoms with Crippen molar-refractivity contribution in [2.45, 2.75) is 44.6 Å². The standard InChI is InChI=1S/C13H18ClN3O/c14-11-12(15-8-16-13(11)18)17-7-3-5-9-4-1-2-6-10(9)17/h8-10H,1-7H2,(H,15,16,18)/t9-,10-/m1/s1. The largest absolute Gasteiger partial charge is 0.352 e. The Morgan fingerprint density at radius 3 is 2.94 bits per heavy atom. The normalized spacial score (nSPS) is 27.9. The summed E-state index contributed by atoms with van der Waals surface area (Å²) in [5, 5.41) is 0.240. The van der Waals surface area contributed by atoms with E-state index in [0.29, 0.717) is 11.9 Å². The molecule has 0 bridgehead atoms. The van der Waals surface area contributed by atoms with Gasteiger partial charge in [-0.15, -0.1) is 0 Å². The zero-order chi connectivity index (χ0) is 12.5. The lowest BCUT2D eigenvalue weighted by atomic mass is 9.78. The molecule has 5 heteroatoms. The molecule has 2 atom stereocenters. The number of hydrogen-bond donors (Lipinski definition) is 1. The molecule has 1 aromatic rings. The SMILES string of the molecule is O=c1[nH]cnc(N2CCC[C@H]3CCCC[C@H]32)c1Cl. The molecule has 18 heavy (non-hydrogen) atoms. The van der Waals surface area contributed by atoms with Crippen LogP contribution in [0.4, 0.5) is 5.82 Å². The second-order valence-electron chi connectivity index (χ2n) is 5.32. The summed E-state index contributed by atoms with van der Waals surface area (Å²) in [6.45, 7) is 0.970. The topological polar surface area (TPSA) is 49.0 Å². The second-order valence-corrected chi connectivity index (χ2v) is 5.69. The molecule has 4 nitrogen and oxygen atoms in total. The predicted octanol–water partition coefficient (Wildman–Crippen LogP) is 2.58. The van der Waals surface area contributed by atoms with Gasteiger partial charge in [-0.1, -0.05) is 24.4 Å². The van der Waals surface area contributed by atoms with Crippen LogP contribution in [0.5, 0.6) is 0 Å². The molecular formula is C13H18ClN3O. The summed E-state index contributed by atoms with van der Waals surface area (Å²) in [5.41, 5.74) is -0.236. The first-order valence-corrected chi connectivity index (χ1v) is 7.15. The van der Waals surface area contributed by atoms with Gasteiger partial charge >= 0.3 is 0 Å². The third-order valence-electron chi connectivity index (χ3n) is 4.29. The van der Waals surface area contributed by atoms with Gasteiger partial charge in [-0.05, 0) is 31.6 Å². The molecule has 98 valence electrons. The Balaban J connectivity index is 1.94. The van der Waals surface area contributed by atoms with Gasteiger partial charge in [0, 0.05) is 12.6 Å². The number of aromatic amines is 1. The minimum Gasteiger partial charge on any atom is -0.352 e. The van der Waals surface area contributed by atoms with Crippen molar-refractivity contribution >= 4 is 17.4 Å². The quantitative estimate of drug-likeness (QED) is 0.851. The first-order chi connectivity index (χ1) is 8.77. The van der Waals surface area contributed by atoms with Crippen LogP contribution in [0.3, 0.4) is 0 Å². The summed E-state index contributed by atoms with van der Waals surface area (Å²) < 4.78 is 0. The van der Waals surface area contributed by atoms with Crippen molar-refractivity contribution in [1.82, 2.24) is 9.97 Å². The average Bonchev–Trinajstić information content (AvgIpc) is 2.41. The van der Waals surface area contributed by atoms with Gasteiger partial charge in [-0.25, -0.2) is 4.98 Å². The Kier molecular flexibility index (Phi) is 3.29. The van der Waals surface area contributed by atoms with Crippen molar-refractivity contribution in [3.8, 4) is 0 Å². The molecule has 1 saturated carbocycles. The highest BCUT2D eigenvalue weighted by Crippen LogP contribution is 2.38. The molecule has 1 N–H and O–H groups in total. The first kappa shape index (κ1) is 12.0. The van der Waals surface area contributed by atoms with Crippen LogP contribution in [0.1, 0.15) is 38.5 Å². The lowest BCUT2D eigenvalue weighted by molar-refractivity contribution is 0.242. The molecule has 2 heterocycles. The summed E-state index contributed by atoms with van der Waals surface area (Å²) in [5.74, 6) is 1.43. The molecule has 2 aliphatic rings. The highest BCUT2D eigenvalue weighted by molar-refractivity contribution is 6.32. The van der Waals surface area contributed by atoms with Crippen molar-refractivity contribution in [3.63, 3.8) is 0 Å². The van der Waals surface area contributed by atoms with Crippen LogP contribution in [-0.4, -0.2) is 22.6 Å². The Hall–Kier alpha value is -1.03. The van der Waals surface area contributed by atoms with E-state index in [1.807, 2.05) is 0 Å². The summed E-state index contributed by atoms with van der Waals surface area (Å²) in [4.78, 5) is 20.7. The van der Waals surface area contributed by atoms with E-state index in [-0.39, 0.29) is 10.6 Å². The number of nitrogens with one attached hydrogen (secondary N) is 1. The van der Waals surface area contributed by atoms with E-state index in [2.05, 4.69) is 14.9 Å². The molecule has 0 radical (unpaired) electrons. The van der Waals surface area contributed by atoms with E-state index in [4.69, 9.17) is 11.6 Å².